The summed E-state index contributed by atoms with van der Waals surface area (Å²) < 4.78 is 13.5. The first kappa shape index (κ1) is 15.5. The Balaban J connectivity index is 2.11. The minimum atomic E-state index is -0.480. The molecular formula is C16H12Cl2FNO. The zero-order chi connectivity index (χ0) is 15.4. The lowest BCUT2D eigenvalue weighted by atomic mass is 10.2. The molecular weight excluding hydrogens is 312 g/mol. The zero-order valence-electron chi connectivity index (χ0n) is 11.2. The van der Waals surface area contributed by atoms with Crippen molar-refractivity contribution in [3.05, 3.63) is 69.5 Å². The lowest BCUT2D eigenvalue weighted by molar-refractivity contribution is -0.111. The Bertz CT molecular complexity index is 713. The van der Waals surface area contributed by atoms with Gasteiger partial charge in [0.1, 0.15) is 5.82 Å². The van der Waals surface area contributed by atoms with E-state index in [0.717, 1.165) is 5.56 Å². The topological polar surface area (TPSA) is 29.1 Å². The molecule has 0 radical (unpaired) electrons. The van der Waals surface area contributed by atoms with Gasteiger partial charge < -0.3 is 5.32 Å². The van der Waals surface area contributed by atoms with E-state index in [1.165, 1.54) is 12.1 Å². The maximum absolute atomic E-state index is 13.5. The van der Waals surface area contributed by atoms with Crippen molar-refractivity contribution in [3.8, 4) is 0 Å². The quantitative estimate of drug-likeness (QED) is 0.783. The van der Waals surface area contributed by atoms with Crippen molar-refractivity contribution in [2.75, 3.05) is 5.32 Å². The molecule has 0 aliphatic carbocycles. The van der Waals surface area contributed by atoms with Crippen LogP contribution in [0.3, 0.4) is 0 Å². The second-order valence-corrected chi connectivity index (χ2v) is 5.32. The molecule has 5 heteroatoms. The van der Waals surface area contributed by atoms with Crippen LogP contribution in [-0.2, 0) is 4.79 Å². The maximum atomic E-state index is 13.5. The van der Waals surface area contributed by atoms with Crippen molar-refractivity contribution < 1.29 is 9.18 Å². The Morgan fingerprint density at radius 2 is 1.95 bits per heavy atom. The summed E-state index contributed by atoms with van der Waals surface area (Å²) in [6.07, 6.45) is 2.83. The van der Waals surface area contributed by atoms with E-state index in [1.807, 2.05) is 6.92 Å². The zero-order valence-corrected chi connectivity index (χ0v) is 12.7. The molecule has 0 unspecified atom stereocenters. The molecule has 21 heavy (non-hydrogen) atoms. The molecule has 0 aliphatic heterocycles. The molecule has 2 aromatic carbocycles. The highest BCUT2D eigenvalue weighted by atomic mass is 35.5. The van der Waals surface area contributed by atoms with Gasteiger partial charge in [0, 0.05) is 16.1 Å². The molecule has 1 N–H and O–H groups in total. The molecule has 0 aliphatic rings. The smallest absolute Gasteiger partial charge is 0.248 e. The van der Waals surface area contributed by atoms with Gasteiger partial charge in [-0.25, -0.2) is 4.39 Å². The van der Waals surface area contributed by atoms with E-state index in [4.69, 9.17) is 23.2 Å². The molecule has 0 spiro atoms. The monoisotopic (exact) mass is 323 g/mol. The summed E-state index contributed by atoms with van der Waals surface area (Å²) in [6.45, 7) is 1.82. The maximum Gasteiger partial charge on any atom is 0.248 e. The summed E-state index contributed by atoms with van der Waals surface area (Å²) in [5, 5.41) is 3.44. The highest BCUT2D eigenvalue weighted by Gasteiger charge is 2.05. The number of carbonyl (C=O) groups is 1. The Hall–Kier alpha value is -1.84. The number of amides is 1. The van der Waals surface area contributed by atoms with Gasteiger partial charge in [0.25, 0.3) is 0 Å². The van der Waals surface area contributed by atoms with Crippen LogP contribution in [0.15, 0.2) is 42.5 Å². The number of anilines is 1. The van der Waals surface area contributed by atoms with Crippen LogP contribution < -0.4 is 5.32 Å². The number of rotatable bonds is 3. The summed E-state index contributed by atoms with van der Waals surface area (Å²) in [6, 6.07) is 9.46. The fourth-order valence-electron chi connectivity index (χ4n) is 1.71. The van der Waals surface area contributed by atoms with Gasteiger partial charge in [-0.05, 0) is 48.4 Å². The molecule has 0 saturated carbocycles. The third-order valence-corrected chi connectivity index (χ3v) is 3.32. The molecule has 0 saturated heterocycles. The molecule has 1 amide bonds. The lowest BCUT2D eigenvalue weighted by Crippen LogP contribution is -2.09. The van der Waals surface area contributed by atoms with Crippen molar-refractivity contribution >= 4 is 40.9 Å². The SMILES string of the molecule is Cc1ccc(F)c(NC(=O)/C=C/c2ccc(Cl)cc2Cl)c1. The first-order chi connectivity index (χ1) is 9.95. The number of halogens is 3. The van der Waals surface area contributed by atoms with Crippen molar-refractivity contribution in [1.29, 1.82) is 0 Å². The highest BCUT2D eigenvalue weighted by molar-refractivity contribution is 6.35. The van der Waals surface area contributed by atoms with E-state index in [0.29, 0.717) is 15.6 Å². The minimum Gasteiger partial charge on any atom is -0.320 e. The normalized spacial score (nSPS) is 10.9. The van der Waals surface area contributed by atoms with E-state index < -0.39 is 11.7 Å². The summed E-state index contributed by atoms with van der Waals surface area (Å²) >= 11 is 11.8. The molecule has 0 bridgehead atoms. The Labute approximate surface area is 132 Å². The van der Waals surface area contributed by atoms with E-state index >= 15 is 0 Å². The van der Waals surface area contributed by atoms with Gasteiger partial charge in [0.05, 0.1) is 5.69 Å². The molecule has 0 fully saturated rings. The number of benzene rings is 2. The first-order valence-corrected chi connectivity index (χ1v) is 6.91. The van der Waals surface area contributed by atoms with Gasteiger partial charge in [0.2, 0.25) is 5.91 Å². The molecule has 0 heterocycles. The predicted octanol–water partition coefficient (Wildman–Crippen LogP) is 5.09. The molecule has 0 aromatic heterocycles. The van der Waals surface area contributed by atoms with Crippen molar-refractivity contribution in [2.24, 2.45) is 0 Å². The Kier molecular flexibility index (Phi) is 4.99. The number of nitrogens with one attached hydrogen (secondary N) is 1. The first-order valence-electron chi connectivity index (χ1n) is 6.16. The largest absolute Gasteiger partial charge is 0.320 e. The van der Waals surface area contributed by atoms with Crippen molar-refractivity contribution in [2.45, 2.75) is 6.92 Å². The van der Waals surface area contributed by atoms with Crippen LogP contribution in [0.25, 0.3) is 6.08 Å². The second-order valence-electron chi connectivity index (χ2n) is 4.47. The van der Waals surface area contributed by atoms with Crippen LogP contribution in [0.5, 0.6) is 0 Å². The number of carbonyl (C=O) groups excluding carboxylic acids is 1. The van der Waals surface area contributed by atoms with Gasteiger partial charge in [0.15, 0.2) is 0 Å². The number of hydrogen-bond acceptors (Lipinski definition) is 1. The predicted molar refractivity (Wildman–Crippen MR) is 85.3 cm³/mol. The van der Waals surface area contributed by atoms with Crippen LogP contribution in [-0.4, -0.2) is 5.91 Å². The minimum absolute atomic E-state index is 0.145. The van der Waals surface area contributed by atoms with Crippen LogP contribution in [0, 0.1) is 12.7 Å². The summed E-state index contributed by atoms with van der Waals surface area (Å²) in [4.78, 5) is 11.8. The average molecular weight is 324 g/mol. The van der Waals surface area contributed by atoms with Gasteiger partial charge in [-0.15, -0.1) is 0 Å². The van der Waals surface area contributed by atoms with Crippen LogP contribution in [0.1, 0.15) is 11.1 Å². The molecule has 2 nitrogen and oxygen atoms in total. The number of aryl methyl sites for hydroxylation is 1. The van der Waals surface area contributed by atoms with E-state index in [1.54, 1.807) is 36.4 Å². The highest BCUT2D eigenvalue weighted by Crippen LogP contribution is 2.22. The number of hydrogen-bond donors (Lipinski definition) is 1. The molecule has 2 aromatic rings. The van der Waals surface area contributed by atoms with Crippen LogP contribution >= 0.6 is 23.2 Å². The lowest BCUT2D eigenvalue weighted by Gasteiger charge is -2.05. The van der Waals surface area contributed by atoms with E-state index in [2.05, 4.69) is 5.32 Å². The van der Waals surface area contributed by atoms with Crippen LogP contribution in [0.4, 0.5) is 10.1 Å². The summed E-state index contributed by atoms with van der Waals surface area (Å²) in [7, 11) is 0. The van der Waals surface area contributed by atoms with Gasteiger partial charge in [-0.1, -0.05) is 35.3 Å². The third kappa shape index (κ3) is 4.31. The summed E-state index contributed by atoms with van der Waals surface area (Å²) in [5.74, 6) is -0.919. The molecule has 0 atom stereocenters. The second kappa shape index (κ2) is 6.74. The van der Waals surface area contributed by atoms with Gasteiger partial charge in [-0.2, -0.15) is 0 Å². The Morgan fingerprint density at radius 3 is 2.67 bits per heavy atom. The fraction of sp³-hybridized carbons (Fsp3) is 0.0625. The van der Waals surface area contributed by atoms with Crippen LogP contribution in [0.2, 0.25) is 10.0 Å². The van der Waals surface area contributed by atoms with Crippen molar-refractivity contribution in [3.63, 3.8) is 0 Å². The fourth-order valence-corrected chi connectivity index (χ4v) is 2.18. The average Bonchev–Trinajstić information content (AvgIpc) is 2.42. The Morgan fingerprint density at radius 1 is 1.19 bits per heavy atom. The van der Waals surface area contributed by atoms with Crippen molar-refractivity contribution in [1.82, 2.24) is 0 Å². The molecule has 2 rings (SSSR count). The summed E-state index contributed by atoms with van der Waals surface area (Å²) in [5.41, 5.74) is 1.66. The van der Waals surface area contributed by atoms with Gasteiger partial charge >= 0.3 is 0 Å². The van der Waals surface area contributed by atoms with Gasteiger partial charge in [-0.3, -0.25) is 4.79 Å². The molecule has 108 valence electrons. The third-order valence-electron chi connectivity index (χ3n) is 2.76. The van der Waals surface area contributed by atoms with E-state index in [9.17, 15) is 9.18 Å². The van der Waals surface area contributed by atoms with E-state index in [-0.39, 0.29) is 5.69 Å². The standard InChI is InChI=1S/C16H12Cl2FNO/c1-10-2-6-14(19)15(8-10)20-16(21)7-4-11-3-5-12(17)9-13(11)18/h2-9H,1H3,(H,20,21)/b7-4+.